The van der Waals surface area contributed by atoms with E-state index in [-0.39, 0.29) is 11.8 Å². The van der Waals surface area contributed by atoms with E-state index in [4.69, 9.17) is 11.6 Å². The summed E-state index contributed by atoms with van der Waals surface area (Å²) in [6, 6.07) is 15.7. The molecule has 2 aromatic carbocycles. The van der Waals surface area contributed by atoms with E-state index in [0.29, 0.717) is 26.8 Å². The van der Waals surface area contributed by atoms with Crippen LogP contribution in [0.1, 0.15) is 20.0 Å². The lowest BCUT2D eigenvalue weighted by atomic mass is 10.2. The number of carbonyl (C=O) groups is 2. The van der Waals surface area contributed by atoms with E-state index < -0.39 is 0 Å². The molecule has 0 aliphatic heterocycles. The minimum atomic E-state index is -0.212. The fourth-order valence-corrected chi connectivity index (χ4v) is 3.84. The third kappa shape index (κ3) is 4.59. The van der Waals surface area contributed by atoms with Crippen molar-refractivity contribution < 1.29 is 9.59 Å². The van der Waals surface area contributed by atoms with Crippen LogP contribution in [0.15, 0.2) is 60.0 Å². The Labute approximate surface area is 167 Å². The number of benzene rings is 2. The molecule has 0 radical (unpaired) electrons. The number of amides is 2. The number of anilines is 2. The van der Waals surface area contributed by atoms with E-state index in [0.717, 1.165) is 3.57 Å². The van der Waals surface area contributed by atoms with Gasteiger partial charge in [-0.1, -0.05) is 17.7 Å². The molecule has 1 heterocycles. The molecule has 0 atom stereocenters. The molecule has 25 heavy (non-hydrogen) atoms. The predicted octanol–water partition coefficient (Wildman–Crippen LogP) is 5.51. The summed E-state index contributed by atoms with van der Waals surface area (Å²) in [6.07, 6.45) is 0. The second kappa shape index (κ2) is 7.99. The first-order valence-electron chi connectivity index (χ1n) is 7.24. The van der Waals surface area contributed by atoms with Gasteiger partial charge in [0.15, 0.2) is 0 Å². The summed E-state index contributed by atoms with van der Waals surface area (Å²) in [5.41, 5.74) is 1.86. The molecule has 0 fully saturated rings. The normalized spacial score (nSPS) is 10.3. The zero-order chi connectivity index (χ0) is 17.8. The molecule has 2 N–H and O–H groups in total. The summed E-state index contributed by atoms with van der Waals surface area (Å²) in [6.45, 7) is 0. The molecule has 4 nitrogen and oxygen atoms in total. The van der Waals surface area contributed by atoms with Gasteiger partial charge >= 0.3 is 0 Å². The van der Waals surface area contributed by atoms with Crippen LogP contribution in [0.3, 0.4) is 0 Å². The van der Waals surface area contributed by atoms with Gasteiger partial charge < -0.3 is 10.6 Å². The second-order valence-electron chi connectivity index (χ2n) is 5.09. The molecule has 3 rings (SSSR count). The predicted molar refractivity (Wildman–Crippen MR) is 111 cm³/mol. The number of rotatable bonds is 4. The third-order valence-corrected chi connectivity index (χ3v) is 5.32. The third-order valence-electron chi connectivity index (χ3n) is 3.32. The molecule has 0 unspecified atom stereocenters. The number of carbonyl (C=O) groups excluding carboxylic acids is 2. The van der Waals surface area contributed by atoms with E-state index in [1.807, 2.05) is 11.4 Å². The topological polar surface area (TPSA) is 58.2 Å². The van der Waals surface area contributed by atoms with Crippen LogP contribution in [0.2, 0.25) is 5.02 Å². The van der Waals surface area contributed by atoms with Crippen LogP contribution < -0.4 is 10.6 Å². The molecule has 0 aliphatic carbocycles. The molecule has 0 saturated heterocycles. The number of hydrogen-bond donors (Lipinski definition) is 2. The Bertz CT molecular complexity index is 911. The van der Waals surface area contributed by atoms with Gasteiger partial charge in [-0.05, 0) is 76.5 Å². The minimum Gasteiger partial charge on any atom is -0.322 e. The fraction of sp³-hybridized carbons (Fsp3) is 0. The molecular weight excluding hydrogens is 471 g/mol. The fourth-order valence-electron chi connectivity index (χ4n) is 2.11. The van der Waals surface area contributed by atoms with Gasteiger partial charge in [0.2, 0.25) is 0 Å². The number of nitrogens with one attached hydrogen (secondary N) is 2. The van der Waals surface area contributed by atoms with Crippen LogP contribution in [0, 0.1) is 3.57 Å². The molecule has 3 aromatic rings. The molecule has 0 saturated carbocycles. The average molecular weight is 483 g/mol. The van der Waals surface area contributed by atoms with Crippen molar-refractivity contribution in [3.05, 3.63) is 79.0 Å². The molecular formula is C18H12ClIN2O2S. The second-order valence-corrected chi connectivity index (χ2v) is 7.63. The standard InChI is InChI=1S/C18H12ClIN2O2S/c19-11-3-8-14(15(20)10-11)17(23)21-12-4-6-13(7-5-12)22-18(24)16-2-1-9-25-16/h1-10H,(H,21,23)(H,22,24). The van der Waals surface area contributed by atoms with Crippen LogP contribution in [-0.2, 0) is 0 Å². The molecule has 7 heteroatoms. The van der Waals surface area contributed by atoms with Crippen LogP contribution >= 0.6 is 45.5 Å². The lowest BCUT2D eigenvalue weighted by Crippen LogP contribution is -2.13. The first-order valence-corrected chi connectivity index (χ1v) is 9.58. The Morgan fingerprint density at radius 3 is 2.12 bits per heavy atom. The van der Waals surface area contributed by atoms with Crippen molar-refractivity contribution in [2.45, 2.75) is 0 Å². The molecule has 1 aromatic heterocycles. The van der Waals surface area contributed by atoms with Crippen LogP contribution in [-0.4, -0.2) is 11.8 Å². The van der Waals surface area contributed by atoms with Crippen molar-refractivity contribution in [1.29, 1.82) is 0 Å². The first kappa shape index (κ1) is 17.9. The van der Waals surface area contributed by atoms with Gasteiger partial charge in [-0.2, -0.15) is 0 Å². The van der Waals surface area contributed by atoms with Crippen molar-refractivity contribution in [3.63, 3.8) is 0 Å². The van der Waals surface area contributed by atoms with Gasteiger partial charge in [0.1, 0.15) is 0 Å². The maximum atomic E-state index is 12.3. The van der Waals surface area contributed by atoms with Gasteiger partial charge in [0, 0.05) is 20.0 Å². The highest BCUT2D eigenvalue weighted by Crippen LogP contribution is 2.21. The number of hydrogen-bond acceptors (Lipinski definition) is 3. The summed E-state index contributed by atoms with van der Waals surface area (Å²) >= 11 is 9.37. The zero-order valence-electron chi connectivity index (χ0n) is 12.8. The highest BCUT2D eigenvalue weighted by molar-refractivity contribution is 14.1. The van der Waals surface area contributed by atoms with Gasteiger partial charge in [-0.15, -0.1) is 11.3 Å². The molecule has 0 spiro atoms. The highest BCUT2D eigenvalue weighted by Gasteiger charge is 2.11. The van der Waals surface area contributed by atoms with Crippen molar-refractivity contribution in [2.75, 3.05) is 10.6 Å². The van der Waals surface area contributed by atoms with E-state index in [1.54, 1.807) is 48.5 Å². The summed E-state index contributed by atoms with van der Waals surface area (Å²) < 4.78 is 0.780. The van der Waals surface area contributed by atoms with Crippen LogP contribution in [0.4, 0.5) is 11.4 Å². The van der Waals surface area contributed by atoms with Gasteiger partial charge in [-0.3, -0.25) is 9.59 Å². The quantitative estimate of drug-likeness (QED) is 0.482. The average Bonchev–Trinajstić information content (AvgIpc) is 3.11. The van der Waals surface area contributed by atoms with Gasteiger partial charge in [0.05, 0.1) is 10.4 Å². The molecule has 2 amide bonds. The van der Waals surface area contributed by atoms with Crippen molar-refractivity contribution in [2.24, 2.45) is 0 Å². The van der Waals surface area contributed by atoms with Crippen LogP contribution in [0.25, 0.3) is 0 Å². The molecule has 0 aliphatic rings. The first-order chi connectivity index (χ1) is 12.0. The summed E-state index contributed by atoms with van der Waals surface area (Å²) in [5.74, 6) is -0.362. The van der Waals surface area contributed by atoms with Gasteiger partial charge in [-0.25, -0.2) is 0 Å². The zero-order valence-corrected chi connectivity index (χ0v) is 16.5. The molecule has 0 bridgehead atoms. The van der Waals surface area contributed by atoms with E-state index in [2.05, 4.69) is 33.2 Å². The Kier molecular flexibility index (Phi) is 5.72. The van der Waals surface area contributed by atoms with Gasteiger partial charge in [0.25, 0.3) is 11.8 Å². The Morgan fingerprint density at radius 2 is 1.56 bits per heavy atom. The summed E-state index contributed by atoms with van der Waals surface area (Å²) in [7, 11) is 0. The summed E-state index contributed by atoms with van der Waals surface area (Å²) in [4.78, 5) is 25.0. The van der Waals surface area contributed by atoms with E-state index >= 15 is 0 Å². The lowest BCUT2D eigenvalue weighted by molar-refractivity contribution is 0.101. The Morgan fingerprint density at radius 1 is 0.920 bits per heavy atom. The van der Waals surface area contributed by atoms with Crippen molar-refractivity contribution in [3.8, 4) is 0 Å². The Hall–Kier alpha value is -1.90. The maximum absolute atomic E-state index is 12.3. The SMILES string of the molecule is O=C(Nc1ccc(NC(=O)c2ccc(Cl)cc2I)cc1)c1cccs1. The van der Waals surface area contributed by atoms with Crippen molar-refractivity contribution >= 4 is 68.7 Å². The van der Waals surface area contributed by atoms with E-state index in [1.165, 1.54) is 11.3 Å². The largest absolute Gasteiger partial charge is 0.322 e. The minimum absolute atomic E-state index is 0.150. The Balaban J connectivity index is 1.66. The van der Waals surface area contributed by atoms with Crippen LogP contribution in [0.5, 0.6) is 0 Å². The van der Waals surface area contributed by atoms with E-state index in [9.17, 15) is 9.59 Å². The lowest BCUT2D eigenvalue weighted by Gasteiger charge is -2.09. The monoisotopic (exact) mass is 482 g/mol. The molecule has 126 valence electrons. The number of halogens is 2. The summed E-state index contributed by atoms with van der Waals surface area (Å²) in [5, 5.41) is 8.09. The highest BCUT2D eigenvalue weighted by atomic mass is 127. The number of thiophene rings is 1. The van der Waals surface area contributed by atoms with Crippen molar-refractivity contribution in [1.82, 2.24) is 0 Å². The smallest absolute Gasteiger partial charge is 0.265 e. The maximum Gasteiger partial charge on any atom is 0.265 e.